The highest BCUT2D eigenvalue weighted by atomic mass is 28.1. The summed E-state index contributed by atoms with van der Waals surface area (Å²) in [5.74, 6) is 0. The molecule has 0 aromatic carbocycles. The van der Waals surface area contributed by atoms with E-state index in [4.69, 9.17) is 0 Å². The molecular formula is C5H13NOSi. The van der Waals surface area contributed by atoms with Crippen LogP contribution in [0.4, 0.5) is 0 Å². The van der Waals surface area contributed by atoms with Crippen molar-refractivity contribution in [2.45, 2.75) is 26.4 Å². The minimum atomic E-state index is 0.0579. The number of nitroso groups, excluding NO2 is 1. The summed E-state index contributed by atoms with van der Waals surface area (Å²) in [5, 5.41) is 2.97. The standard InChI is InChI=1S/C5H13NOSi/c1-5(2,3)4(8)6-7/h4H,1-3,8H3. The van der Waals surface area contributed by atoms with E-state index in [2.05, 4.69) is 5.18 Å². The third-order valence-electron chi connectivity index (χ3n) is 1.41. The maximum absolute atomic E-state index is 9.94. The molecular weight excluding hydrogens is 118 g/mol. The van der Waals surface area contributed by atoms with Crippen LogP contribution in [-0.4, -0.2) is 15.9 Å². The van der Waals surface area contributed by atoms with Gasteiger partial charge in [-0.25, -0.2) is 0 Å². The molecule has 0 spiro atoms. The molecule has 3 heteroatoms. The summed E-state index contributed by atoms with van der Waals surface area (Å²) in [6.07, 6.45) is 0. The summed E-state index contributed by atoms with van der Waals surface area (Å²) in [6.45, 7) is 6.10. The van der Waals surface area contributed by atoms with E-state index < -0.39 is 0 Å². The highest BCUT2D eigenvalue weighted by Crippen LogP contribution is 2.18. The molecule has 1 unspecified atom stereocenters. The maximum atomic E-state index is 9.94. The molecule has 8 heavy (non-hydrogen) atoms. The average Bonchev–Trinajstić information content (AvgIpc) is 1.62. The summed E-state index contributed by atoms with van der Waals surface area (Å²) in [5.41, 5.74) is 0.149. The Morgan fingerprint density at radius 1 is 1.50 bits per heavy atom. The van der Waals surface area contributed by atoms with Gasteiger partial charge in [-0.3, -0.25) is 0 Å². The molecule has 0 saturated heterocycles. The van der Waals surface area contributed by atoms with Crippen molar-refractivity contribution in [3.05, 3.63) is 4.91 Å². The Labute approximate surface area is 53.1 Å². The average molecular weight is 131 g/mol. The molecule has 0 aliphatic rings. The molecule has 1 atom stereocenters. The second-order valence-corrected chi connectivity index (χ2v) is 4.24. The fourth-order valence-corrected chi connectivity index (χ4v) is 0.158. The minimum Gasteiger partial charge on any atom is -0.151 e. The Hall–Kier alpha value is -0.183. The van der Waals surface area contributed by atoms with E-state index in [-0.39, 0.29) is 11.1 Å². The van der Waals surface area contributed by atoms with Gasteiger partial charge >= 0.3 is 0 Å². The van der Waals surface area contributed by atoms with Crippen molar-refractivity contribution in [2.75, 3.05) is 0 Å². The van der Waals surface area contributed by atoms with Gasteiger partial charge in [0, 0.05) is 10.2 Å². The van der Waals surface area contributed by atoms with Gasteiger partial charge in [0.1, 0.15) is 0 Å². The zero-order valence-corrected chi connectivity index (χ0v) is 7.93. The second-order valence-electron chi connectivity index (χ2n) is 3.15. The van der Waals surface area contributed by atoms with Crippen LogP contribution >= 0.6 is 0 Å². The van der Waals surface area contributed by atoms with Crippen LogP contribution in [0.15, 0.2) is 5.18 Å². The Morgan fingerprint density at radius 3 is 1.88 bits per heavy atom. The zero-order valence-electron chi connectivity index (χ0n) is 5.93. The summed E-state index contributed by atoms with van der Waals surface area (Å²) in [4.78, 5) is 9.94. The molecule has 0 fully saturated rings. The fraction of sp³-hybridized carbons (Fsp3) is 1.00. The summed E-state index contributed by atoms with van der Waals surface area (Å²) in [7, 11) is 0.870. The maximum Gasteiger partial charge on any atom is 0.0776 e. The molecule has 48 valence electrons. The van der Waals surface area contributed by atoms with Gasteiger partial charge in [0.2, 0.25) is 0 Å². The van der Waals surface area contributed by atoms with Gasteiger partial charge in [0.25, 0.3) is 0 Å². The molecule has 2 nitrogen and oxygen atoms in total. The molecule has 0 amide bonds. The highest BCUT2D eigenvalue weighted by molar-refractivity contribution is 6.12. The molecule has 0 saturated carbocycles. The zero-order chi connectivity index (χ0) is 6.78. The molecule has 0 aromatic rings. The minimum absolute atomic E-state index is 0.0579. The largest absolute Gasteiger partial charge is 0.151 e. The smallest absolute Gasteiger partial charge is 0.0776 e. The number of hydrogen-bond acceptors (Lipinski definition) is 2. The van der Waals surface area contributed by atoms with Crippen LogP contribution in [-0.2, 0) is 0 Å². The van der Waals surface area contributed by atoms with E-state index in [1.165, 1.54) is 0 Å². The van der Waals surface area contributed by atoms with Crippen LogP contribution in [0.3, 0.4) is 0 Å². The third kappa shape index (κ3) is 2.21. The Kier molecular flexibility index (Phi) is 2.34. The second kappa shape index (κ2) is 2.39. The molecule has 0 aliphatic heterocycles. The summed E-state index contributed by atoms with van der Waals surface area (Å²) in [6, 6.07) is 0. The van der Waals surface area contributed by atoms with E-state index in [1.54, 1.807) is 0 Å². The van der Waals surface area contributed by atoms with Crippen molar-refractivity contribution in [3.8, 4) is 0 Å². The van der Waals surface area contributed by atoms with Gasteiger partial charge in [-0.15, -0.1) is 0 Å². The van der Waals surface area contributed by atoms with Gasteiger partial charge in [-0.2, -0.15) is 4.91 Å². The first-order valence-electron chi connectivity index (χ1n) is 2.81. The number of hydrogen-bond donors (Lipinski definition) is 0. The normalized spacial score (nSPS) is 15.9. The third-order valence-corrected chi connectivity index (χ3v) is 3.35. The first kappa shape index (κ1) is 7.82. The SMILES string of the molecule is CC(C)(C)C([SiH3])N=O. The van der Waals surface area contributed by atoms with E-state index in [0.29, 0.717) is 0 Å². The Balaban J connectivity index is 3.80. The van der Waals surface area contributed by atoms with Crippen LogP contribution in [0.1, 0.15) is 20.8 Å². The van der Waals surface area contributed by atoms with Gasteiger partial charge in [-0.1, -0.05) is 25.9 Å². The molecule has 0 heterocycles. The van der Waals surface area contributed by atoms with Crippen LogP contribution in [0.5, 0.6) is 0 Å². The van der Waals surface area contributed by atoms with Crippen molar-refractivity contribution in [2.24, 2.45) is 10.6 Å². The summed E-state index contributed by atoms with van der Waals surface area (Å²) >= 11 is 0. The number of rotatable bonds is 1. The monoisotopic (exact) mass is 131 g/mol. The molecule has 0 radical (unpaired) electrons. The van der Waals surface area contributed by atoms with Gasteiger partial charge in [0.15, 0.2) is 0 Å². The summed E-state index contributed by atoms with van der Waals surface area (Å²) < 4.78 is 0. The van der Waals surface area contributed by atoms with Crippen molar-refractivity contribution in [3.63, 3.8) is 0 Å². The topological polar surface area (TPSA) is 29.4 Å². The quantitative estimate of drug-likeness (QED) is 0.376. The van der Waals surface area contributed by atoms with E-state index in [1.807, 2.05) is 20.8 Å². The highest BCUT2D eigenvalue weighted by Gasteiger charge is 2.19. The van der Waals surface area contributed by atoms with Crippen LogP contribution in [0.2, 0.25) is 0 Å². The van der Waals surface area contributed by atoms with Gasteiger partial charge in [-0.05, 0) is 5.41 Å². The lowest BCUT2D eigenvalue weighted by molar-refractivity contribution is 0.394. The van der Waals surface area contributed by atoms with E-state index in [9.17, 15) is 4.91 Å². The van der Waals surface area contributed by atoms with Crippen molar-refractivity contribution >= 4 is 10.2 Å². The van der Waals surface area contributed by atoms with Crippen molar-refractivity contribution in [1.29, 1.82) is 0 Å². The van der Waals surface area contributed by atoms with E-state index in [0.717, 1.165) is 10.2 Å². The first-order valence-corrected chi connectivity index (χ1v) is 3.96. The Morgan fingerprint density at radius 2 is 1.88 bits per heavy atom. The molecule has 0 N–H and O–H groups in total. The fourth-order valence-electron chi connectivity index (χ4n) is 0.158. The van der Waals surface area contributed by atoms with Crippen molar-refractivity contribution in [1.82, 2.24) is 0 Å². The van der Waals surface area contributed by atoms with Gasteiger partial charge in [0.05, 0.1) is 5.67 Å². The van der Waals surface area contributed by atoms with Crippen LogP contribution in [0.25, 0.3) is 0 Å². The van der Waals surface area contributed by atoms with Gasteiger partial charge < -0.3 is 0 Å². The lowest BCUT2D eigenvalue weighted by atomic mass is 9.97. The lowest BCUT2D eigenvalue weighted by Gasteiger charge is -2.19. The molecule has 0 aromatic heterocycles. The predicted octanol–water partition coefficient (Wildman–Crippen LogP) is 0.490. The number of nitrogens with zero attached hydrogens (tertiary/aromatic N) is 1. The predicted molar refractivity (Wildman–Crippen MR) is 39.0 cm³/mol. The molecule has 0 bridgehead atoms. The first-order chi connectivity index (χ1) is 3.48. The molecule has 0 aliphatic carbocycles. The van der Waals surface area contributed by atoms with Crippen LogP contribution in [0, 0.1) is 10.3 Å². The molecule has 0 rings (SSSR count). The lowest BCUT2D eigenvalue weighted by Crippen LogP contribution is -2.23. The van der Waals surface area contributed by atoms with E-state index >= 15 is 0 Å². The van der Waals surface area contributed by atoms with Crippen molar-refractivity contribution < 1.29 is 0 Å². The Bertz CT molecular complexity index is 86.9. The van der Waals surface area contributed by atoms with Crippen LogP contribution < -0.4 is 0 Å².